The average molecular weight is 324 g/mol. The van der Waals surface area contributed by atoms with Crippen LogP contribution in [0.5, 0.6) is 0 Å². The molecular weight excluding hydrogens is 305 g/mol. The number of nitrogen functional groups attached to an aromatic ring is 2. The molecule has 0 radical (unpaired) electrons. The third-order valence-electron chi connectivity index (χ3n) is 3.49. The highest BCUT2D eigenvalue weighted by Crippen LogP contribution is 2.35. The van der Waals surface area contributed by atoms with Gasteiger partial charge in [-0.25, -0.2) is 0 Å². The number of nitrogens with one attached hydrogen (secondary N) is 1. The molecule has 0 unspecified atom stereocenters. The SMILES string of the molecule is CCc1cc(Nc2cc(CC)c(N)cc2Cl)c(Cl)cc1N. The molecule has 5 heteroatoms. The predicted octanol–water partition coefficient (Wildman–Crippen LogP) is 5.03. The molecule has 2 rings (SSSR count). The molecule has 2 aromatic carbocycles. The van der Waals surface area contributed by atoms with Crippen molar-refractivity contribution in [1.82, 2.24) is 0 Å². The Bertz CT molecular complexity index is 612. The molecule has 0 fully saturated rings. The van der Waals surface area contributed by atoms with Crippen LogP contribution in [0.1, 0.15) is 25.0 Å². The van der Waals surface area contributed by atoms with Crippen molar-refractivity contribution in [3.63, 3.8) is 0 Å². The Kier molecular flexibility index (Phi) is 4.86. The number of rotatable bonds is 4. The minimum Gasteiger partial charge on any atom is -0.398 e. The summed E-state index contributed by atoms with van der Waals surface area (Å²) in [6.45, 7) is 4.10. The highest BCUT2D eigenvalue weighted by atomic mass is 35.5. The van der Waals surface area contributed by atoms with E-state index < -0.39 is 0 Å². The number of nitrogens with two attached hydrogens (primary N) is 2. The summed E-state index contributed by atoms with van der Waals surface area (Å²) in [5, 5.41) is 4.40. The zero-order chi connectivity index (χ0) is 15.6. The second-order valence-corrected chi connectivity index (χ2v) is 5.71. The third-order valence-corrected chi connectivity index (χ3v) is 4.11. The van der Waals surface area contributed by atoms with Crippen LogP contribution in [-0.2, 0) is 12.8 Å². The van der Waals surface area contributed by atoms with Crippen LogP contribution in [0.25, 0.3) is 0 Å². The normalized spacial score (nSPS) is 10.7. The highest BCUT2D eigenvalue weighted by Gasteiger charge is 2.10. The van der Waals surface area contributed by atoms with Crippen LogP contribution in [0.2, 0.25) is 10.0 Å². The molecule has 0 amide bonds. The Hall–Kier alpha value is -1.58. The number of halogens is 2. The van der Waals surface area contributed by atoms with Gasteiger partial charge in [-0.05, 0) is 48.2 Å². The second kappa shape index (κ2) is 6.46. The van der Waals surface area contributed by atoms with E-state index in [0.717, 1.165) is 35.3 Å². The van der Waals surface area contributed by atoms with Crippen molar-refractivity contribution < 1.29 is 0 Å². The van der Waals surface area contributed by atoms with Crippen LogP contribution in [0.15, 0.2) is 24.3 Å². The predicted molar refractivity (Wildman–Crippen MR) is 93.8 cm³/mol. The van der Waals surface area contributed by atoms with E-state index in [1.807, 2.05) is 12.1 Å². The largest absolute Gasteiger partial charge is 0.398 e. The van der Waals surface area contributed by atoms with Gasteiger partial charge in [-0.3, -0.25) is 0 Å². The fourth-order valence-electron chi connectivity index (χ4n) is 2.22. The fourth-order valence-corrected chi connectivity index (χ4v) is 2.65. The van der Waals surface area contributed by atoms with Crippen molar-refractivity contribution in [3.8, 4) is 0 Å². The van der Waals surface area contributed by atoms with Crippen LogP contribution in [0.3, 0.4) is 0 Å². The standard InChI is InChI=1S/C16H19Cl2N3/c1-3-9-5-15(11(17)7-13(9)19)21-16-6-10(4-2)14(20)8-12(16)18/h5-8,21H,3-4,19-20H2,1-2H3. The van der Waals surface area contributed by atoms with Gasteiger partial charge in [0.05, 0.1) is 21.4 Å². The molecule has 0 aliphatic heterocycles. The lowest BCUT2D eigenvalue weighted by atomic mass is 10.1. The monoisotopic (exact) mass is 323 g/mol. The van der Waals surface area contributed by atoms with E-state index in [9.17, 15) is 0 Å². The number of hydrogen-bond donors (Lipinski definition) is 3. The lowest BCUT2D eigenvalue weighted by Crippen LogP contribution is -2.00. The van der Waals surface area contributed by atoms with E-state index in [1.165, 1.54) is 0 Å². The maximum atomic E-state index is 6.26. The van der Waals surface area contributed by atoms with Crippen LogP contribution in [0.4, 0.5) is 22.7 Å². The lowest BCUT2D eigenvalue weighted by molar-refractivity contribution is 1.14. The maximum absolute atomic E-state index is 6.26. The topological polar surface area (TPSA) is 64.1 Å². The quantitative estimate of drug-likeness (QED) is 0.691. The van der Waals surface area contributed by atoms with Gasteiger partial charge >= 0.3 is 0 Å². The van der Waals surface area contributed by atoms with Gasteiger partial charge in [0.1, 0.15) is 0 Å². The summed E-state index contributed by atoms with van der Waals surface area (Å²) in [6, 6.07) is 7.43. The Morgan fingerprint density at radius 1 is 0.810 bits per heavy atom. The van der Waals surface area contributed by atoms with Crippen molar-refractivity contribution in [2.75, 3.05) is 16.8 Å². The van der Waals surface area contributed by atoms with E-state index in [2.05, 4.69) is 19.2 Å². The Morgan fingerprint density at radius 3 is 1.52 bits per heavy atom. The summed E-state index contributed by atoms with van der Waals surface area (Å²) in [5.74, 6) is 0. The van der Waals surface area contributed by atoms with E-state index in [4.69, 9.17) is 34.7 Å². The van der Waals surface area contributed by atoms with E-state index >= 15 is 0 Å². The molecule has 0 saturated carbocycles. The first-order valence-electron chi connectivity index (χ1n) is 6.89. The van der Waals surface area contributed by atoms with Gasteiger partial charge in [-0.15, -0.1) is 0 Å². The van der Waals surface area contributed by atoms with E-state index in [1.54, 1.807) is 12.1 Å². The molecule has 0 aliphatic rings. The fraction of sp³-hybridized carbons (Fsp3) is 0.250. The maximum Gasteiger partial charge on any atom is 0.0661 e. The Balaban J connectivity index is 2.42. The zero-order valence-corrected chi connectivity index (χ0v) is 13.6. The van der Waals surface area contributed by atoms with Gasteiger partial charge in [0.25, 0.3) is 0 Å². The van der Waals surface area contributed by atoms with Gasteiger partial charge in [-0.1, -0.05) is 37.0 Å². The molecule has 2 aromatic rings. The third kappa shape index (κ3) is 3.36. The van der Waals surface area contributed by atoms with Crippen molar-refractivity contribution >= 4 is 46.0 Å². The number of benzene rings is 2. The molecule has 3 nitrogen and oxygen atoms in total. The molecular formula is C16H19Cl2N3. The summed E-state index contributed by atoms with van der Waals surface area (Å²) in [6.07, 6.45) is 1.68. The van der Waals surface area contributed by atoms with Gasteiger partial charge in [-0.2, -0.15) is 0 Å². The first-order valence-corrected chi connectivity index (χ1v) is 7.64. The molecule has 0 bridgehead atoms. The van der Waals surface area contributed by atoms with Crippen molar-refractivity contribution in [3.05, 3.63) is 45.4 Å². The highest BCUT2D eigenvalue weighted by molar-refractivity contribution is 6.35. The van der Waals surface area contributed by atoms with Gasteiger partial charge < -0.3 is 16.8 Å². The van der Waals surface area contributed by atoms with E-state index in [-0.39, 0.29) is 0 Å². The van der Waals surface area contributed by atoms with Crippen LogP contribution in [0, 0.1) is 0 Å². The van der Waals surface area contributed by atoms with Crippen LogP contribution >= 0.6 is 23.2 Å². The number of aryl methyl sites for hydroxylation is 2. The van der Waals surface area contributed by atoms with Gasteiger partial charge in [0, 0.05) is 11.4 Å². The molecule has 0 heterocycles. The lowest BCUT2D eigenvalue weighted by Gasteiger charge is -2.15. The number of anilines is 4. The first-order chi connectivity index (χ1) is 9.96. The second-order valence-electron chi connectivity index (χ2n) is 4.89. The molecule has 112 valence electrons. The molecule has 21 heavy (non-hydrogen) atoms. The summed E-state index contributed by atoms with van der Waals surface area (Å²) in [4.78, 5) is 0. The summed E-state index contributed by atoms with van der Waals surface area (Å²) < 4.78 is 0. The summed E-state index contributed by atoms with van der Waals surface area (Å²) >= 11 is 12.5. The molecule has 0 aromatic heterocycles. The van der Waals surface area contributed by atoms with Crippen molar-refractivity contribution in [2.45, 2.75) is 26.7 Å². The smallest absolute Gasteiger partial charge is 0.0661 e. The zero-order valence-electron chi connectivity index (χ0n) is 12.1. The minimum absolute atomic E-state index is 0.565. The van der Waals surface area contributed by atoms with Crippen molar-refractivity contribution in [2.24, 2.45) is 0 Å². The molecule has 0 saturated heterocycles. The Labute approximate surface area is 135 Å². The Morgan fingerprint density at radius 2 is 1.19 bits per heavy atom. The summed E-state index contributed by atoms with van der Waals surface area (Å²) in [7, 11) is 0. The van der Waals surface area contributed by atoms with Crippen LogP contribution < -0.4 is 16.8 Å². The minimum atomic E-state index is 0.565. The molecule has 5 N–H and O–H groups in total. The summed E-state index contributed by atoms with van der Waals surface area (Å²) in [5.41, 5.74) is 16.9. The molecule has 0 aliphatic carbocycles. The van der Waals surface area contributed by atoms with Gasteiger partial charge in [0.15, 0.2) is 0 Å². The van der Waals surface area contributed by atoms with E-state index in [0.29, 0.717) is 21.4 Å². The molecule has 0 atom stereocenters. The van der Waals surface area contributed by atoms with Crippen LogP contribution in [-0.4, -0.2) is 0 Å². The molecule has 0 spiro atoms. The van der Waals surface area contributed by atoms with Crippen molar-refractivity contribution in [1.29, 1.82) is 0 Å². The van der Waals surface area contributed by atoms with Gasteiger partial charge in [0.2, 0.25) is 0 Å². The average Bonchev–Trinajstić information content (AvgIpc) is 2.44. The first kappa shape index (κ1) is 15.8. The number of hydrogen-bond acceptors (Lipinski definition) is 3.